The average molecular weight is 444 g/mol. The maximum Gasteiger partial charge on any atom is 0.255 e. The largest absolute Gasteiger partial charge is 0.370 e. The molecule has 8 heteroatoms. The van der Waals surface area contributed by atoms with Crippen molar-refractivity contribution >= 4 is 29.1 Å². The van der Waals surface area contributed by atoms with Crippen LogP contribution in [0.1, 0.15) is 35.2 Å². The van der Waals surface area contributed by atoms with Crippen LogP contribution >= 0.6 is 11.6 Å². The first kappa shape index (κ1) is 20.3. The van der Waals surface area contributed by atoms with Gasteiger partial charge in [0.2, 0.25) is 5.91 Å². The summed E-state index contributed by atoms with van der Waals surface area (Å²) in [5, 5.41) is 6.83. The molecular weight excluding hydrogens is 421 g/mol. The molecule has 3 aliphatic heterocycles. The van der Waals surface area contributed by atoms with Crippen LogP contribution in [0.25, 0.3) is 0 Å². The maximum atomic E-state index is 13.2. The Hall–Kier alpha value is -2.64. The highest BCUT2D eigenvalue weighted by molar-refractivity contribution is 6.31. The molecule has 0 saturated carbocycles. The van der Waals surface area contributed by atoms with Gasteiger partial charge in [-0.3, -0.25) is 9.59 Å². The van der Waals surface area contributed by atoms with E-state index < -0.39 is 11.5 Å². The first-order valence-corrected chi connectivity index (χ1v) is 10.8. The van der Waals surface area contributed by atoms with Crippen molar-refractivity contribution in [1.29, 1.82) is 0 Å². The number of rotatable bonds is 2. The first-order valence-electron chi connectivity index (χ1n) is 10.4. The lowest BCUT2D eigenvalue weighted by molar-refractivity contribution is -0.135. The second-order valence-electron chi connectivity index (χ2n) is 8.65. The number of hydrogen-bond donors (Lipinski definition) is 2. The quantitative estimate of drug-likeness (QED) is 0.746. The number of para-hydroxylation sites is 1. The van der Waals surface area contributed by atoms with Gasteiger partial charge in [0.1, 0.15) is 11.5 Å². The van der Waals surface area contributed by atoms with Crippen LogP contribution in [-0.2, 0) is 16.0 Å². The number of benzene rings is 2. The lowest BCUT2D eigenvalue weighted by Crippen LogP contribution is -2.59. The summed E-state index contributed by atoms with van der Waals surface area (Å²) < 4.78 is 19.5. The molecule has 5 rings (SSSR count). The average Bonchev–Trinajstić information content (AvgIpc) is 3.07. The molecule has 2 fully saturated rings. The highest BCUT2D eigenvalue weighted by atomic mass is 35.5. The second-order valence-corrected chi connectivity index (χ2v) is 9.06. The van der Waals surface area contributed by atoms with E-state index in [0.29, 0.717) is 50.1 Å². The van der Waals surface area contributed by atoms with Gasteiger partial charge in [-0.2, -0.15) is 0 Å². The molecular formula is C23H23ClFN3O3. The molecule has 2 spiro atoms. The molecule has 0 aliphatic carbocycles. The van der Waals surface area contributed by atoms with Crippen molar-refractivity contribution in [3.63, 3.8) is 0 Å². The fourth-order valence-corrected chi connectivity index (χ4v) is 5.11. The van der Waals surface area contributed by atoms with Gasteiger partial charge in [0.25, 0.3) is 5.91 Å². The Kier molecular flexibility index (Phi) is 4.90. The predicted octanol–water partition coefficient (Wildman–Crippen LogP) is 3.35. The molecule has 162 valence electrons. The summed E-state index contributed by atoms with van der Waals surface area (Å²) in [5.74, 6) is -0.549. The Morgan fingerprint density at radius 3 is 2.71 bits per heavy atom. The summed E-state index contributed by atoms with van der Waals surface area (Å²) in [6.45, 7) is 1.52. The maximum absolute atomic E-state index is 13.2. The molecule has 6 nitrogen and oxygen atoms in total. The number of halogens is 2. The van der Waals surface area contributed by atoms with Crippen molar-refractivity contribution in [2.45, 2.75) is 36.9 Å². The fourth-order valence-electron chi connectivity index (χ4n) is 4.88. The van der Waals surface area contributed by atoms with Gasteiger partial charge < -0.3 is 20.3 Å². The van der Waals surface area contributed by atoms with Gasteiger partial charge in [0, 0.05) is 30.2 Å². The predicted molar refractivity (Wildman–Crippen MR) is 114 cm³/mol. The Bertz CT molecular complexity index is 1050. The second kappa shape index (κ2) is 7.50. The van der Waals surface area contributed by atoms with E-state index in [9.17, 15) is 14.0 Å². The van der Waals surface area contributed by atoms with E-state index in [4.69, 9.17) is 16.3 Å². The summed E-state index contributed by atoms with van der Waals surface area (Å²) >= 11 is 6.07. The minimum Gasteiger partial charge on any atom is -0.370 e. The smallest absolute Gasteiger partial charge is 0.255 e. The van der Waals surface area contributed by atoms with Crippen LogP contribution < -0.4 is 10.6 Å². The van der Waals surface area contributed by atoms with Crippen molar-refractivity contribution in [1.82, 2.24) is 10.2 Å². The lowest BCUT2D eigenvalue weighted by Gasteiger charge is -2.41. The van der Waals surface area contributed by atoms with Crippen LogP contribution in [0.3, 0.4) is 0 Å². The summed E-state index contributed by atoms with van der Waals surface area (Å²) in [7, 11) is 0. The van der Waals surface area contributed by atoms with Crippen LogP contribution in [-0.4, -0.2) is 47.7 Å². The molecule has 1 atom stereocenters. The van der Waals surface area contributed by atoms with E-state index in [1.165, 1.54) is 12.1 Å². The van der Waals surface area contributed by atoms with Crippen molar-refractivity contribution < 1.29 is 18.7 Å². The third-order valence-corrected chi connectivity index (χ3v) is 6.88. The third kappa shape index (κ3) is 3.77. The molecule has 3 aliphatic rings. The highest BCUT2D eigenvalue weighted by Crippen LogP contribution is 2.43. The zero-order valence-electron chi connectivity index (χ0n) is 16.9. The van der Waals surface area contributed by atoms with Gasteiger partial charge in [0.05, 0.1) is 24.2 Å². The normalized spacial score (nSPS) is 24.1. The summed E-state index contributed by atoms with van der Waals surface area (Å²) in [6, 6.07) is 11.5. The molecule has 0 aromatic heterocycles. The zero-order chi connectivity index (χ0) is 21.6. The summed E-state index contributed by atoms with van der Waals surface area (Å²) in [4.78, 5) is 27.1. The van der Waals surface area contributed by atoms with Gasteiger partial charge in [-0.1, -0.05) is 29.8 Å². The van der Waals surface area contributed by atoms with Crippen LogP contribution in [0.15, 0.2) is 42.5 Å². The Labute approximate surface area is 184 Å². The topological polar surface area (TPSA) is 70.7 Å². The van der Waals surface area contributed by atoms with Gasteiger partial charge in [0.15, 0.2) is 0 Å². The molecule has 2 saturated heterocycles. The van der Waals surface area contributed by atoms with Crippen molar-refractivity contribution in [3.05, 3.63) is 64.4 Å². The molecule has 2 N–H and O–H groups in total. The minimum absolute atomic E-state index is 0.0333. The number of piperidine rings is 1. The van der Waals surface area contributed by atoms with Gasteiger partial charge in [-0.25, -0.2) is 4.39 Å². The molecule has 0 radical (unpaired) electrons. The van der Waals surface area contributed by atoms with Crippen molar-refractivity contribution in [2.75, 3.05) is 25.0 Å². The highest BCUT2D eigenvalue weighted by Gasteiger charge is 2.53. The number of nitrogens with zero attached hydrogens (tertiary/aromatic N) is 1. The number of fused-ring (bicyclic) bond motifs is 1. The summed E-state index contributed by atoms with van der Waals surface area (Å²) in [6.07, 6.45) is 2.17. The van der Waals surface area contributed by atoms with Gasteiger partial charge >= 0.3 is 0 Å². The summed E-state index contributed by atoms with van der Waals surface area (Å²) in [5.41, 5.74) is 1.07. The molecule has 3 heterocycles. The number of anilines is 1. The number of hydrogen-bond acceptors (Lipinski definition) is 4. The Morgan fingerprint density at radius 2 is 1.94 bits per heavy atom. The first-order chi connectivity index (χ1) is 14.9. The van der Waals surface area contributed by atoms with Crippen LogP contribution in [0.4, 0.5) is 10.1 Å². The third-order valence-electron chi connectivity index (χ3n) is 6.53. The van der Waals surface area contributed by atoms with E-state index in [0.717, 1.165) is 5.69 Å². The van der Waals surface area contributed by atoms with Crippen molar-refractivity contribution in [2.24, 2.45) is 0 Å². The number of carbonyl (C=O) groups is 2. The standard InChI is InChI=1S/C23H23ClFN3O3/c24-18-12-16(25)6-5-15(18)11-20(29)28-9-7-22(8-10-28)13-23(14-31-22)26-19-4-2-1-3-17(19)21(30)27-23/h1-6,12,26H,7-11,13-14H2,(H,27,30). The van der Waals surface area contributed by atoms with E-state index in [1.54, 1.807) is 12.1 Å². The SMILES string of the molecule is O=C1NC2(COC3(CCN(C(=O)Cc4ccc(F)cc4Cl)CC3)C2)Nc2ccccc21. The van der Waals surface area contributed by atoms with E-state index in [1.807, 2.05) is 23.1 Å². The molecule has 1 unspecified atom stereocenters. The molecule has 2 aromatic rings. The number of carbonyl (C=O) groups excluding carboxylic acids is 2. The molecule has 0 bridgehead atoms. The number of ether oxygens (including phenoxy) is 1. The monoisotopic (exact) mass is 443 g/mol. The van der Waals surface area contributed by atoms with Gasteiger partial charge in [-0.05, 0) is 42.7 Å². The van der Waals surface area contributed by atoms with Crippen LogP contribution in [0.2, 0.25) is 5.02 Å². The fraction of sp³-hybridized carbons (Fsp3) is 0.391. The van der Waals surface area contributed by atoms with Crippen LogP contribution in [0, 0.1) is 5.82 Å². The Balaban J connectivity index is 1.23. The number of likely N-dealkylation sites (tertiary alicyclic amines) is 1. The molecule has 31 heavy (non-hydrogen) atoms. The van der Waals surface area contributed by atoms with Crippen molar-refractivity contribution in [3.8, 4) is 0 Å². The molecule has 2 aromatic carbocycles. The van der Waals surface area contributed by atoms with Gasteiger partial charge in [-0.15, -0.1) is 0 Å². The van der Waals surface area contributed by atoms with E-state index in [-0.39, 0.29) is 28.9 Å². The minimum atomic E-state index is -0.626. The zero-order valence-corrected chi connectivity index (χ0v) is 17.7. The Morgan fingerprint density at radius 1 is 1.16 bits per heavy atom. The van der Waals surface area contributed by atoms with E-state index in [2.05, 4.69) is 10.6 Å². The number of amides is 2. The van der Waals surface area contributed by atoms with Crippen LogP contribution in [0.5, 0.6) is 0 Å². The lowest BCUT2D eigenvalue weighted by atomic mass is 9.84. The van der Waals surface area contributed by atoms with E-state index >= 15 is 0 Å². The number of nitrogens with one attached hydrogen (secondary N) is 2. The molecule has 2 amide bonds.